The lowest BCUT2D eigenvalue weighted by molar-refractivity contribution is -0.121. The fourth-order valence-electron chi connectivity index (χ4n) is 10.8. The molecule has 15 heteroatoms. The summed E-state index contributed by atoms with van der Waals surface area (Å²) in [5.74, 6) is 2.87. The van der Waals surface area contributed by atoms with Crippen LogP contribution in [0, 0.1) is 17.8 Å². The first kappa shape index (κ1) is 43.8. The monoisotopic (exact) mass is 888 g/mol. The number of methoxy groups -OCH3 is 2. The van der Waals surface area contributed by atoms with E-state index < -0.39 is 0 Å². The molecule has 0 bridgehead atoms. The number of ether oxygens (including phenoxy) is 2. The molecular weight excluding hydrogens is 829 g/mol. The van der Waals surface area contributed by atoms with E-state index in [-0.39, 0.29) is 29.3 Å². The summed E-state index contributed by atoms with van der Waals surface area (Å²) in [7, 11) is 9.03. The van der Waals surface area contributed by atoms with Gasteiger partial charge < -0.3 is 39.4 Å². The minimum absolute atomic E-state index is 0.0616. The highest BCUT2D eigenvalue weighted by molar-refractivity contribution is 7.21. The number of aryl methyl sites for hydroxylation is 1. The Morgan fingerprint density at radius 1 is 0.906 bits per heavy atom. The number of pyridine rings is 1. The SMILES string of the molecule is C=C1NC(=O)CCC1N1C(=C)c2ccc(N3CCN(CCN4CC5CC(CNC(=O)c6cc7c(=O)n(C)cc(-c8cc(OC)c(CN(C)C)c(OC)c8)c7s6)CC5C4)CC3)cc2C1=O. The molecule has 5 aliphatic rings. The molecule has 2 aromatic carbocycles. The molecule has 0 spiro atoms. The number of piperidine rings is 1. The van der Waals surface area contributed by atoms with Crippen LogP contribution in [0.25, 0.3) is 26.9 Å². The quantitative estimate of drug-likeness (QED) is 0.188. The van der Waals surface area contributed by atoms with Crippen LogP contribution < -0.4 is 30.6 Å². The Morgan fingerprint density at radius 3 is 2.25 bits per heavy atom. The number of hydrogen-bond donors (Lipinski definition) is 2. The molecule has 0 radical (unpaired) electrons. The molecule has 64 heavy (non-hydrogen) atoms. The van der Waals surface area contributed by atoms with Gasteiger partial charge in [-0.3, -0.25) is 29.0 Å². The molecule has 6 heterocycles. The van der Waals surface area contributed by atoms with Crippen molar-refractivity contribution in [2.24, 2.45) is 24.8 Å². The van der Waals surface area contributed by atoms with Gasteiger partial charge in [-0.1, -0.05) is 19.2 Å². The molecule has 3 unspecified atom stereocenters. The summed E-state index contributed by atoms with van der Waals surface area (Å²) in [5, 5.41) is 6.56. The number of likely N-dealkylation sites (tertiary alicyclic amines) is 1. The second-order valence-corrected chi connectivity index (χ2v) is 19.6. The molecule has 2 N–H and O–H groups in total. The molecule has 1 aliphatic carbocycles. The van der Waals surface area contributed by atoms with Gasteiger partial charge in [0.25, 0.3) is 17.4 Å². The van der Waals surface area contributed by atoms with Crippen LogP contribution in [0.2, 0.25) is 0 Å². The van der Waals surface area contributed by atoms with Gasteiger partial charge in [0.15, 0.2) is 0 Å². The normalized spacial score (nSPS) is 22.7. The predicted octanol–water partition coefficient (Wildman–Crippen LogP) is 5.07. The largest absolute Gasteiger partial charge is 0.496 e. The van der Waals surface area contributed by atoms with Gasteiger partial charge in [-0.05, 0) is 87.0 Å². The summed E-state index contributed by atoms with van der Waals surface area (Å²) in [6.45, 7) is 17.6. The van der Waals surface area contributed by atoms with Crippen molar-refractivity contribution in [1.29, 1.82) is 0 Å². The third-order valence-corrected chi connectivity index (χ3v) is 15.3. The number of thiophene rings is 1. The molecule has 3 amide bonds. The van der Waals surface area contributed by atoms with E-state index in [1.807, 2.05) is 44.6 Å². The van der Waals surface area contributed by atoms with Crippen LogP contribution >= 0.6 is 11.3 Å². The number of nitrogens with one attached hydrogen (secondary N) is 2. The second-order valence-electron chi connectivity index (χ2n) is 18.5. The average Bonchev–Trinajstić information content (AvgIpc) is 4.05. The zero-order valence-electron chi connectivity index (χ0n) is 37.7. The van der Waals surface area contributed by atoms with Crippen LogP contribution in [-0.4, -0.2) is 135 Å². The molecule has 4 aromatic rings. The van der Waals surface area contributed by atoms with Gasteiger partial charge >= 0.3 is 0 Å². The van der Waals surface area contributed by atoms with Crippen LogP contribution in [0.3, 0.4) is 0 Å². The highest BCUT2D eigenvalue weighted by Gasteiger charge is 2.42. The average molecular weight is 889 g/mol. The molecule has 1 saturated carbocycles. The first-order valence-electron chi connectivity index (χ1n) is 22.5. The van der Waals surface area contributed by atoms with Crippen molar-refractivity contribution in [2.45, 2.75) is 38.3 Å². The third kappa shape index (κ3) is 8.34. The minimum Gasteiger partial charge on any atom is -0.496 e. The fraction of sp³-hybridized carbons (Fsp3) is 0.469. The summed E-state index contributed by atoms with van der Waals surface area (Å²) in [4.78, 5) is 64.3. The Labute approximate surface area is 379 Å². The lowest BCUT2D eigenvalue weighted by Crippen LogP contribution is -2.48. The van der Waals surface area contributed by atoms with Crippen molar-refractivity contribution in [3.05, 3.63) is 93.4 Å². The maximum Gasteiger partial charge on any atom is 0.261 e. The Kier molecular flexibility index (Phi) is 12.2. The number of piperazine rings is 1. The summed E-state index contributed by atoms with van der Waals surface area (Å²) < 4.78 is 13.9. The molecule has 338 valence electrons. The number of fused-ring (bicyclic) bond motifs is 3. The minimum atomic E-state index is -0.282. The van der Waals surface area contributed by atoms with Crippen molar-refractivity contribution < 1.29 is 23.9 Å². The van der Waals surface area contributed by atoms with Gasteiger partial charge in [-0.15, -0.1) is 11.3 Å². The number of anilines is 1. The number of carbonyl (C=O) groups excluding carboxylic acids is 3. The summed E-state index contributed by atoms with van der Waals surface area (Å²) in [5.41, 5.74) is 6.30. The molecule has 9 rings (SSSR count). The molecular formula is C49H60N8O6S. The van der Waals surface area contributed by atoms with E-state index in [2.05, 4.69) is 49.5 Å². The van der Waals surface area contributed by atoms with Crippen molar-refractivity contribution in [1.82, 2.24) is 34.8 Å². The van der Waals surface area contributed by atoms with Gasteiger partial charge in [-0.25, -0.2) is 0 Å². The predicted molar refractivity (Wildman–Crippen MR) is 252 cm³/mol. The Hall–Kier alpha value is -5.48. The molecule has 4 fully saturated rings. The molecule has 2 aromatic heterocycles. The van der Waals surface area contributed by atoms with Gasteiger partial charge in [0.05, 0.1) is 41.7 Å². The molecule has 3 atom stereocenters. The topological polar surface area (TPSA) is 132 Å². The van der Waals surface area contributed by atoms with Crippen molar-refractivity contribution in [2.75, 3.05) is 92.1 Å². The summed E-state index contributed by atoms with van der Waals surface area (Å²) in [6.07, 6.45) is 4.97. The number of rotatable bonds is 13. The summed E-state index contributed by atoms with van der Waals surface area (Å²) in [6, 6.07) is 11.5. The second kappa shape index (κ2) is 17.8. The highest BCUT2D eigenvalue weighted by Crippen LogP contribution is 2.43. The van der Waals surface area contributed by atoms with E-state index >= 15 is 0 Å². The fourth-order valence-corrected chi connectivity index (χ4v) is 11.9. The van der Waals surface area contributed by atoms with Gasteiger partial charge in [0, 0.05) is 118 Å². The van der Waals surface area contributed by atoms with Crippen molar-refractivity contribution >= 4 is 50.5 Å². The molecule has 3 saturated heterocycles. The number of nitrogens with zero attached hydrogens (tertiary/aromatic N) is 6. The smallest absolute Gasteiger partial charge is 0.261 e. The standard InChI is InChI=1S/C49H60N8O6S/c1-29-41(10-11-45(58)51-29)57-30(2)36-9-8-35(22-37(36)49(57)61)56-16-14-54(15-17-56)12-13-55-25-33-18-31(19-34(33)26-55)24-50-47(59)44-23-38-46(64-44)39(28-53(5)48(38)60)32-20-42(62-6)40(27-52(3)4)43(21-32)63-7/h8-9,20-23,28,31,33-34,41H,1-2,10-19,24-27H2,3-7H3,(H,50,59)(H,51,58). The van der Waals surface area contributed by atoms with E-state index in [9.17, 15) is 19.2 Å². The van der Waals surface area contributed by atoms with E-state index in [0.717, 1.165) is 97.8 Å². The first-order valence-corrected chi connectivity index (χ1v) is 23.3. The number of hydrogen-bond acceptors (Lipinski definition) is 11. The van der Waals surface area contributed by atoms with Gasteiger partial charge in [0.1, 0.15) is 11.5 Å². The lowest BCUT2D eigenvalue weighted by Gasteiger charge is -2.37. The van der Waals surface area contributed by atoms with Crippen molar-refractivity contribution in [3.63, 3.8) is 0 Å². The van der Waals surface area contributed by atoms with Crippen LogP contribution in [0.1, 0.15) is 56.8 Å². The number of carbonyl (C=O) groups is 3. The van der Waals surface area contributed by atoms with E-state index in [0.29, 0.717) is 82.4 Å². The van der Waals surface area contributed by atoms with E-state index in [1.54, 1.807) is 36.8 Å². The molecule has 4 aliphatic heterocycles. The first-order chi connectivity index (χ1) is 30.8. The maximum atomic E-state index is 13.7. The zero-order chi connectivity index (χ0) is 45.0. The van der Waals surface area contributed by atoms with E-state index in [4.69, 9.17) is 9.47 Å². The van der Waals surface area contributed by atoms with Gasteiger partial charge in [-0.2, -0.15) is 0 Å². The number of benzene rings is 2. The van der Waals surface area contributed by atoms with Crippen LogP contribution in [0.5, 0.6) is 11.5 Å². The lowest BCUT2D eigenvalue weighted by atomic mass is 10.0. The van der Waals surface area contributed by atoms with Crippen LogP contribution in [-0.2, 0) is 18.4 Å². The zero-order valence-corrected chi connectivity index (χ0v) is 38.5. The van der Waals surface area contributed by atoms with Crippen molar-refractivity contribution in [3.8, 4) is 22.6 Å². The molecule has 14 nitrogen and oxygen atoms in total. The van der Waals surface area contributed by atoms with E-state index in [1.165, 1.54) is 11.3 Å². The van der Waals surface area contributed by atoms with Crippen LogP contribution in [0.15, 0.2) is 66.2 Å². The van der Waals surface area contributed by atoms with Crippen LogP contribution in [0.4, 0.5) is 5.69 Å². The number of amides is 3. The highest BCUT2D eigenvalue weighted by atomic mass is 32.1. The number of aromatic nitrogens is 1. The summed E-state index contributed by atoms with van der Waals surface area (Å²) >= 11 is 1.36. The Balaban J connectivity index is 0.747. The Morgan fingerprint density at radius 2 is 1.59 bits per heavy atom. The third-order valence-electron chi connectivity index (χ3n) is 14.1. The van der Waals surface area contributed by atoms with Gasteiger partial charge in [0.2, 0.25) is 5.91 Å². The maximum absolute atomic E-state index is 13.7. The Bertz CT molecular complexity index is 2550.